The molecule has 1 aromatic carbocycles. The number of nitrogens with two attached hydrogens (primary N) is 2. The van der Waals surface area contributed by atoms with Crippen LogP contribution in [-0.4, -0.2) is 112 Å². The Kier molecular flexibility index (Phi) is 18.1. The van der Waals surface area contributed by atoms with Crippen molar-refractivity contribution in [3.8, 4) is 0 Å². The molecule has 0 spiro atoms. The van der Waals surface area contributed by atoms with E-state index in [1.165, 1.54) is 69.2 Å². The molecule has 19 nitrogen and oxygen atoms in total. The molecule has 300 valence electrons. The van der Waals surface area contributed by atoms with Gasteiger partial charge in [0.25, 0.3) is 5.91 Å². The lowest BCUT2D eigenvalue weighted by atomic mass is 10.0. The Hall–Kier alpha value is -4.70. The van der Waals surface area contributed by atoms with Gasteiger partial charge in [-0.1, -0.05) is 0 Å². The second-order valence-corrected chi connectivity index (χ2v) is 14.8. The third-order valence-electron chi connectivity index (χ3n) is 7.79. The molecule has 0 aromatic heterocycles. The van der Waals surface area contributed by atoms with Crippen molar-refractivity contribution in [3.05, 3.63) is 27.8 Å². The van der Waals surface area contributed by atoms with Crippen molar-refractivity contribution >= 4 is 81.4 Å². The van der Waals surface area contributed by atoms with E-state index in [0.29, 0.717) is 10.6 Å². The summed E-state index contributed by atoms with van der Waals surface area (Å²) < 4.78 is 0.926. The summed E-state index contributed by atoms with van der Waals surface area (Å²) in [5.41, 5.74) is 10.4. The van der Waals surface area contributed by atoms with Crippen LogP contribution in [0.1, 0.15) is 69.2 Å². The van der Waals surface area contributed by atoms with Gasteiger partial charge in [0.1, 0.15) is 42.3 Å². The fraction of sp³-hybridized carbons (Fsp3) is 0.559. The SMILES string of the molecule is C[C@H](N)C(=O)N[C@@H](C)C(=O)N[C@@H](C)C(=O)N[C@@H](C)C(=O)N[C@@H](C)C(=O)N[C@@H](C)C(=O)N[C@@H](C)C(=O)N(C(=O)C(C)(C)N)[C@@H](C)C(=O)Nc1ccc(I)cc1. The van der Waals surface area contributed by atoms with E-state index in [1.54, 1.807) is 24.3 Å². The Morgan fingerprint density at radius 3 is 1.19 bits per heavy atom. The van der Waals surface area contributed by atoms with Gasteiger partial charge in [-0.3, -0.25) is 48.1 Å². The van der Waals surface area contributed by atoms with Crippen LogP contribution in [0.4, 0.5) is 5.69 Å². The number of carbonyl (C=O) groups excluding carboxylic acids is 9. The van der Waals surface area contributed by atoms with Gasteiger partial charge in [-0.05, 0) is 116 Å². The number of nitrogens with one attached hydrogen (secondary N) is 7. The lowest BCUT2D eigenvalue weighted by Gasteiger charge is -2.33. The average Bonchev–Trinajstić information content (AvgIpc) is 3.07. The van der Waals surface area contributed by atoms with Crippen molar-refractivity contribution in [2.75, 3.05) is 5.32 Å². The molecule has 1 aromatic rings. The molecule has 0 aliphatic carbocycles. The van der Waals surface area contributed by atoms with Gasteiger partial charge in [-0.15, -0.1) is 0 Å². The number of nitrogens with zero attached hydrogens (tertiary/aromatic N) is 1. The minimum absolute atomic E-state index is 0.433. The highest BCUT2D eigenvalue weighted by Gasteiger charge is 2.40. The predicted molar refractivity (Wildman–Crippen MR) is 207 cm³/mol. The van der Waals surface area contributed by atoms with Gasteiger partial charge in [0, 0.05) is 9.26 Å². The number of benzene rings is 1. The van der Waals surface area contributed by atoms with Crippen LogP contribution in [0, 0.1) is 3.57 Å². The van der Waals surface area contributed by atoms with Crippen molar-refractivity contribution in [2.24, 2.45) is 11.5 Å². The molecular weight excluding hydrogens is 819 g/mol. The summed E-state index contributed by atoms with van der Waals surface area (Å²) in [7, 11) is 0. The highest BCUT2D eigenvalue weighted by atomic mass is 127. The standard InChI is InChI=1S/C34H53IN10O9/c1-15(36)25(46)38-16(2)26(47)39-17(3)27(48)40-18(4)28(49)41-19(5)29(50)42-20(6)30(51)43-21(7)32(53)45(33(54)34(9,10)37)22(8)31(52)44-24-13-11-23(35)12-14-24/h11-22H,36-37H2,1-10H3,(H,38,46)(H,39,47)(H,40,48)(H,41,49)(H,42,50)(H,43,51)(H,44,52)/t15-,16-,17-,18-,19-,20-,21-,22-/m0/s1. The van der Waals surface area contributed by atoms with Gasteiger partial charge >= 0.3 is 0 Å². The van der Waals surface area contributed by atoms with Gasteiger partial charge in [0.2, 0.25) is 47.3 Å². The summed E-state index contributed by atoms with van der Waals surface area (Å²) in [6, 6.07) is -2.35. The van der Waals surface area contributed by atoms with Crippen LogP contribution in [0.3, 0.4) is 0 Å². The van der Waals surface area contributed by atoms with Crippen LogP contribution in [0.2, 0.25) is 0 Å². The summed E-state index contributed by atoms with van der Waals surface area (Å²) in [5.74, 6) is -6.78. The molecular formula is C34H53IN10O9. The molecule has 20 heteroatoms. The maximum absolute atomic E-state index is 13.6. The lowest BCUT2D eigenvalue weighted by Crippen LogP contribution is -2.62. The van der Waals surface area contributed by atoms with Gasteiger partial charge in [-0.2, -0.15) is 0 Å². The van der Waals surface area contributed by atoms with Crippen molar-refractivity contribution in [1.82, 2.24) is 36.8 Å². The molecule has 0 saturated carbocycles. The maximum Gasteiger partial charge on any atom is 0.252 e. The molecule has 11 N–H and O–H groups in total. The fourth-order valence-corrected chi connectivity index (χ4v) is 4.67. The Bertz CT molecular complexity index is 1580. The van der Waals surface area contributed by atoms with E-state index < -0.39 is 107 Å². The molecule has 0 radical (unpaired) electrons. The van der Waals surface area contributed by atoms with Crippen molar-refractivity contribution in [1.29, 1.82) is 0 Å². The first-order valence-electron chi connectivity index (χ1n) is 17.1. The molecule has 0 unspecified atom stereocenters. The predicted octanol–water partition coefficient (Wildman–Crippen LogP) is -1.91. The third kappa shape index (κ3) is 14.6. The molecule has 0 aliphatic rings. The van der Waals surface area contributed by atoms with E-state index in [4.69, 9.17) is 11.5 Å². The van der Waals surface area contributed by atoms with Crippen LogP contribution in [0.15, 0.2) is 24.3 Å². The van der Waals surface area contributed by atoms with E-state index >= 15 is 0 Å². The summed E-state index contributed by atoms with van der Waals surface area (Å²) >= 11 is 2.10. The van der Waals surface area contributed by atoms with E-state index in [1.807, 2.05) is 0 Å². The van der Waals surface area contributed by atoms with Crippen LogP contribution in [0.5, 0.6) is 0 Å². The highest BCUT2D eigenvalue weighted by Crippen LogP contribution is 2.16. The van der Waals surface area contributed by atoms with Crippen LogP contribution in [-0.2, 0) is 43.2 Å². The number of amides is 9. The molecule has 1 rings (SSSR count). The summed E-state index contributed by atoms with van der Waals surface area (Å²) in [6.07, 6.45) is 0. The van der Waals surface area contributed by atoms with Gasteiger partial charge in [-0.25, -0.2) is 0 Å². The molecule has 8 atom stereocenters. The minimum atomic E-state index is -1.56. The first-order valence-corrected chi connectivity index (χ1v) is 18.2. The Labute approximate surface area is 328 Å². The highest BCUT2D eigenvalue weighted by molar-refractivity contribution is 14.1. The third-order valence-corrected chi connectivity index (χ3v) is 8.51. The second kappa shape index (κ2) is 20.7. The van der Waals surface area contributed by atoms with E-state index in [2.05, 4.69) is 59.8 Å². The van der Waals surface area contributed by atoms with Gasteiger partial charge in [0.05, 0.1) is 11.6 Å². The van der Waals surface area contributed by atoms with Crippen LogP contribution in [0.25, 0.3) is 0 Å². The number of hydrogen-bond acceptors (Lipinski definition) is 11. The summed E-state index contributed by atoms with van der Waals surface area (Å²) in [5, 5.41) is 17.1. The zero-order valence-corrected chi connectivity index (χ0v) is 34.2. The molecule has 0 aliphatic heterocycles. The molecule has 0 saturated heterocycles. The lowest BCUT2D eigenvalue weighted by molar-refractivity contribution is -0.154. The zero-order valence-electron chi connectivity index (χ0n) is 32.1. The van der Waals surface area contributed by atoms with E-state index in [0.717, 1.165) is 3.57 Å². The smallest absolute Gasteiger partial charge is 0.252 e. The largest absolute Gasteiger partial charge is 0.343 e. The van der Waals surface area contributed by atoms with Crippen LogP contribution >= 0.6 is 22.6 Å². The van der Waals surface area contributed by atoms with Gasteiger partial charge < -0.3 is 48.7 Å². The monoisotopic (exact) mass is 872 g/mol. The molecule has 0 bridgehead atoms. The van der Waals surface area contributed by atoms with Crippen molar-refractivity contribution in [2.45, 2.75) is 123 Å². The quantitative estimate of drug-likeness (QED) is 0.0779. The normalized spacial score (nSPS) is 15.6. The summed E-state index contributed by atoms with van der Waals surface area (Å²) in [6.45, 7) is 13.6. The zero-order chi connectivity index (χ0) is 41.8. The Morgan fingerprint density at radius 2 is 0.870 bits per heavy atom. The average molecular weight is 873 g/mol. The number of imide groups is 1. The number of rotatable bonds is 17. The molecule has 9 amide bonds. The first-order chi connectivity index (χ1) is 24.8. The van der Waals surface area contributed by atoms with Crippen molar-refractivity contribution in [3.63, 3.8) is 0 Å². The van der Waals surface area contributed by atoms with Crippen LogP contribution < -0.4 is 48.7 Å². The number of hydrogen-bond donors (Lipinski definition) is 9. The number of anilines is 1. The topological polar surface area (TPSA) is 293 Å². The Balaban J connectivity index is 2.81. The molecule has 0 heterocycles. The second-order valence-electron chi connectivity index (χ2n) is 13.6. The first kappa shape index (κ1) is 47.3. The molecule has 0 fully saturated rings. The van der Waals surface area contributed by atoms with Gasteiger partial charge in [0.15, 0.2) is 0 Å². The Morgan fingerprint density at radius 1 is 0.556 bits per heavy atom. The maximum atomic E-state index is 13.6. The van der Waals surface area contributed by atoms with E-state index in [-0.39, 0.29) is 0 Å². The molecule has 54 heavy (non-hydrogen) atoms. The minimum Gasteiger partial charge on any atom is -0.343 e. The van der Waals surface area contributed by atoms with Crippen molar-refractivity contribution < 1.29 is 43.2 Å². The summed E-state index contributed by atoms with van der Waals surface area (Å²) in [4.78, 5) is 116. The number of carbonyl (C=O) groups is 9. The number of halogens is 1. The fourth-order valence-electron chi connectivity index (χ4n) is 4.31. The van der Waals surface area contributed by atoms with E-state index in [9.17, 15) is 43.2 Å².